The smallest absolute Gasteiger partial charge is 0.240 e. The number of amides is 1. The van der Waals surface area contributed by atoms with Gasteiger partial charge in [-0.3, -0.25) is 9.63 Å². The summed E-state index contributed by atoms with van der Waals surface area (Å²) in [7, 11) is -3.33. The SMILES string of the molecule is CCC(C#CCNS(=O)(=O)C1CCCCC1)CCCN1O[C@@H](CO)[C@@H]([C@H](C)O)[C@H]1C(=O)N[C@H]1C[C@H]2C[C@@H]([C@@H]1C)C2(C)C. The highest BCUT2D eigenvalue weighted by molar-refractivity contribution is 7.90. The van der Waals surface area contributed by atoms with Crippen LogP contribution in [0, 0.1) is 46.8 Å². The summed E-state index contributed by atoms with van der Waals surface area (Å²) < 4.78 is 27.8. The van der Waals surface area contributed by atoms with Crippen LogP contribution in [0.5, 0.6) is 0 Å². The number of carbonyl (C=O) groups excluding carboxylic acids is 1. The van der Waals surface area contributed by atoms with Gasteiger partial charge in [-0.25, -0.2) is 13.1 Å². The van der Waals surface area contributed by atoms with Crippen LogP contribution in [0.4, 0.5) is 0 Å². The molecule has 42 heavy (non-hydrogen) atoms. The molecule has 4 aliphatic carbocycles. The average Bonchev–Trinajstić information content (AvgIpc) is 3.34. The van der Waals surface area contributed by atoms with E-state index >= 15 is 0 Å². The van der Waals surface area contributed by atoms with Crippen LogP contribution in [-0.2, 0) is 19.7 Å². The number of hydroxylamine groups is 2. The van der Waals surface area contributed by atoms with E-state index in [1.165, 1.54) is 6.42 Å². The van der Waals surface area contributed by atoms with E-state index in [9.17, 15) is 23.4 Å². The Morgan fingerprint density at radius 1 is 1.19 bits per heavy atom. The van der Waals surface area contributed by atoms with Gasteiger partial charge < -0.3 is 15.5 Å². The first-order chi connectivity index (χ1) is 19.9. The summed E-state index contributed by atoms with van der Waals surface area (Å²) in [5.74, 6) is 7.29. The van der Waals surface area contributed by atoms with Crippen molar-refractivity contribution in [3.8, 4) is 11.8 Å². The maximum atomic E-state index is 13.7. The first-order valence-corrected chi connectivity index (χ1v) is 17.9. The molecule has 5 fully saturated rings. The van der Waals surface area contributed by atoms with Gasteiger partial charge in [-0.1, -0.05) is 58.8 Å². The minimum absolute atomic E-state index is 0.0958. The highest BCUT2D eigenvalue weighted by Crippen LogP contribution is 2.61. The summed E-state index contributed by atoms with van der Waals surface area (Å²) >= 11 is 0. The molecular formula is C32H55N3O6S. The molecule has 5 rings (SSSR count). The number of hydrogen-bond donors (Lipinski definition) is 4. The molecule has 0 spiro atoms. The van der Waals surface area contributed by atoms with Crippen molar-refractivity contribution in [2.45, 2.75) is 128 Å². The molecule has 9 atom stereocenters. The third-order valence-corrected chi connectivity index (χ3v) is 13.0. The van der Waals surface area contributed by atoms with Crippen LogP contribution in [0.15, 0.2) is 0 Å². The Balaban J connectivity index is 1.32. The Labute approximate surface area is 253 Å². The first-order valence-electron chi connectivity index (χ1n) is 16.4. The van der Waals surface area contributed by atoms with Crippen molar-refractivity contribution < 1.29 is 28.3 Å². The number of hydrogen-bond acceptors (Lipinski definition) is 7. The third kappa shape index (κ3) is 7.35. The number of carbonyl (C=O) groups is 1. The molecule has 4 N–H and O–H groups in total. The van der Waals surface area contributed by atoms with Crippen LogP contribution < -0.4 is 10.0 Å². The van der Waals surface area contributed by atoms with Crippen molar-refractivity contribution in [3.05, 3.63) is 0 Å². The maximum absolute atomic E-state index is 13.7. The van der Waals surface area contributed by atoms with E-state index in [-0.39, 0.29) is 36.3 Å². The lowest BCUT2D eigenvalue weighted by Crippen LogP contribution is -2.62. The Bertz CT molecular complexity index is 1080. The van der Waals surface area contributed by atoms with Crippen molar-refractivity contribution in [3.63, 3.8) is 0 Å². The van der Waals surface area contributed by atoms with E-state index < -0.39 is 34.2 Å². The van der Waals surface area contributed by atoms with Crippen molar-refractivity contribution >= 4 is 15.9 Å². The Morgan fingerprint density at radius 2 is 1.90 bits per heavy atom. The summed E-state index contributed by atoms with van der Waals surface area (Å²) in [6, 6.07) is -0.574. The zero-order valence-corrected chi connectivity index (χ0v) is 27.2. The van der Waals surface area contributed by atoms with Gasteiger partial charge in [-0.2, -0.15) is 5.06 Å². The average molecular weight is 610 g/mol. The third-order valence-electron chi connectivity index (χ3n) is 11.1. The van der Waals surface area contributed by atoms with Gasteiger partial charge in [-0.05, 0) is 75.0 Å². The Morgan fingerprint density at radius 3 is 2.50 bits per heavy atom. The summed E-state index contributed by atoms with van der Waals surface area (Å²) in [5.41, 5.74) is 0.325. The second kappa shape index (κ2) is 14.3. The molecule has 0 aromatic carbocycles. The van der Waals surface area contributed by atoms with Crippen LogP contribution in [0.3, 0.4) is 0 Å². The number of rotatable bonds is 12. The molecule has 0 radical (unpaired) electrons. The molecule has 9 nitrogen and oxygen atoms in total. The zero-order valence-electron chi connectivity index (χ0n) is 26.3. The predicted molar refractivity (Wildman–Crippen MR) is 163 cm³/mol. The van der Waals surface area contributed by atoms with E-state index in [4.69, 9.17) is 4.84 Å². The van der Waals surface area contributed by atoms with Crippen LogP contribution >= 0.6 is 0 Å². The summed E-state index contributed by atoms with van der Waals surface area (Å²) in [6.07, 6.45) is 7.56. The molecule has 10 heteroatoms. The summed E-state index contributed by atoms with van der Waals surface area (Å²) in [4.78, 5) is 19.8. The number of fused-ring (bicyclic) bond motifs is 2. The lowest BCUT2D eigenvalue weighted by molar-refractivity contribution is -0.178. The number of nitrogens with one attached hydrogen (secondary N) is 2. The largest absolute Gasteiger partial charge is 0.394 e. The molecule has 1 saturated heterocycles. The van der Waals surface area contributed by atoms with Gasteiger partial charge in [0.2, 0.25) is 15.9 Å². The summed E-state index contributed by atoms with van der Waals surface area (Å²) in [6.45, 7) is 11.0. The fourth-order valence-corrected chi connectivity index (χ4v) is 9.70. The number of sulfonamides is 1. The lowest BCUT2D eigenvalue weighted by atomic mass is 9.45. The molecule has 1 unspecified atom stereocenters. The highest BCUT2D eigenvalue weighted by Gasteiger charge is 2.57. The standard InChI is InChI=1S/C32H55N3O6S/c1-6-23(12-10-16-33-42(39,40)25-14-8-7-9-15-25)13-11-17-35-30(29(22(3)37)28(20-36)41-35)31(38)34-27-19-24-18-26(21(27)2)32(24,4)5/h21-30,33,36-37H,6-9,11,13-20H2,1-5H3,(H,34,38)/t21-,22-,23?,24+,26-,27-,28-,29+,30-/m0/s1. The van der Waals surface area contributed by atoms with Crippen LogP contribution in [0.2, 0.25) is 0 Å². The summed E-state index contributed by atoms with van der Waals surface area (Å²) in [5, 5.41) is 25.3. The van der Waals surface area contributed by atoms with E-state index in [2.05, 4.69) is 49.6 Å². The second-order valence-electron chi connectivity index (χ2n) is 14.0. The molecule has 240 valence electrons. The van der Waals surface area contributed by atoms with Crippen molar-refractivity contribution in [2.75, 3.05) is 19.7 Å². The lowest BCUT2D eigenvalue weighted by Gasteiger charge is -2.62. The molecule has 2 bridgehead atoms. The fourth-order valence-electron chi connectivity index (χ4n) is 8.24. The van der Waals surface area contributed by atoms with Gasteiger partial charge in [-0.15, -0.1) is 0 Å². The highest BCUT2D eigenvalue weighted by atomic mass is 32.2. The molecule has 1 heterocycles. The molecule has 0 aromatic heterocycles. The van der Waals surface area contributed by atoms with Crippen LogP contribution in [0.1, 0.15) is 98.8 Å². The van der Waals surface area contributed by atoms with Crippen LogP contribution in [-0.4, -0.2) is 78.8 Å². The number of aliphatic hydroxyl groups excluding tert-OH is 2. The maximum Gasteiger partial charge on any atom is 0.240 e. The van der Waals surface area contributed by atoms with E-state index in [0.717, 1.165) is 51.4 Å². The predicted octanol–water partition coefficient (Wildman–Crippen LogP) is 3.21. The minimum Gasteiger partial charge on any atom is -0.394 e. The van der Waals surface area contributed by atoms with E-state index in [0.29, 0.717) is 36.1 Å². The topological polar surface area (TPSA) is 128 Å². The van der Waals surface area contributed by atoms with Gasteiger partial charge in [0.15, 0.2) is 0 Å². The van der Waals surface area contributed by atoms with Crippen molar-refractivity contribution in [1.29, 1.82) is 0 Å². The molecule has 4 saturated carbocycles. The van der Waals surface area contributed by atoms with Gasteiger partial charge in [0.25, 0.3) is 0 Å². The second-order valence-corrected chi connectivity index (χ2v) is 16.0. The fraction of sp³-hybridized carbons (Fsp3) is 0.906. The minimum atomic E-state index is -3.33. The zero-order chi connectivity index (χ0) is 30.7. The van der Waals surface area contributed by atoms with Crippen LogP contribution in [0.25, 0.3) is 0 Å². The molecular weight excluding hydrogens is 554 g/mol. The number of aliphatic hydroxyl groups is 2. The normalized spacial score (nSPS) is 34.6. The Hall–Kier alpha value is -1.22. The monoisotopic (exact) mass is 609 g/mol. The Kier molecular flexibility index (Phi) is 11.4. The van der Waals surface area contributed by atoms with Gasteiger partial charge in [0.05, 0.1) is 24.5 Å². The van der Waals surface area contributed by atoms with Gasteiger partial charge in [0, 0.05) is 24.4 Å². The number of nitrogens with zero attached hydrogens (tertiary/aromatic N) is 1. The first kappa shape index (κ1) is 33.7. The van der Waals surface area contributed by atoms with E-state index in [1.807, 2.05) is 0 Å². The molecule has 1 aliphatic heterocycles. The van der Waals surface area contributed by atoms with Gasteiger partial charge >= 0.3 is 0 Å². The quantitative estimate of drug-likeness (QED) is 0.250. The van der Waals surface area contributed by atoms with E-state index in [1.54, 1.807) is 12.0 Å². The van der Waals surface area contributed by atoms with Crippen molar-refractivity contribution in [2.24, 2.45) is 35.0 Å². The molecule has 0 aromatic rings. The van der Waals surface area contributed by atoms with Crippen molar-refractivity contribution in [1.82, 2.24) is 15.1 Å². The van der Waals surface area contributed by atoms with Gasteiger partial charge in [0.1, 0.15) is 12.1 Å². The molecule has 5 aliphatic rings. The molecule has 1 amide bonds.